The summed E-state index contributed by atoms with van der Waals surface area (Å²) >= 11 is 0. The Morgan fingerprint density at radius 1 is 0.964 bits per heavy atom. The fourth-order valence-corrected chi connectivity index (χ4v) is 1.67. The molecule has 2 aromatic rings. The number of nitrogens with two attached hydrogens (primary N) is 3. The lowest BCUT2D eigenvalue weighted by Gasteiger charge is -2.04. The van der Waals surface area contributed by atoms with Crippen LogP contribution < -0.4 is 17.2 Å². The lowest BCUT2D eigenvalue weighted by molar-refractivity contribution is -0.139. The summed E-state index contributed by atoms with van der Waals surface area (Å²) in [5.41, 5.74) is 16.8. The van der Waals surface area contributed by atoms with Crippen LogP contribution in [0.5, 0.6) is 0 Å². The van der Waals surface area contributed by atoms with Crippen molar-refractivity contribution in [1.29, 1.82) is 0 Å². The van der Waals surface area contributed by atoms with Crippen LogP contribution in [0.3, 0.4) is 0 Å². The van der Waals surface area contributed by atoms with Crippen LogP contribution in [0.2, 0.25) is 0 Å². The molecule has 0 fully saturated rings. The normalized spacial score (nSPS) is 11.7. The summed E-state index contributed by atoms with van der Waals surface area (Å²) in [7, 11) is 0. The van der Waals surface area contributed by atoms with Gasteiger partial charge in [-0.2, -0.15) is 0 Å². The number of aromatic amines is 1. The van der Waals surface area contributed by atoms with Crippen molar-refractivity contribution in [3.05, 3.63) is 54.1 Å². The molecule has 11 nitrogen and oxygen atoms in total. The number of nitrogens with one attached hydrogen (secondary N) is 1. The predicted octanol–water partition coefficient (Wildman–Crippen LogP) is -0.965. The minimum Gasteiger partial charge on any atom is -0.480 e. The SMILES string of the molecule is NC(Cc1c[nH]cn1)C(=O)O.NC(Cc1ccccc1)C(=O)O.NCC(=O)O. The first-order valence-electron chi connectivity index (χ1n) is 8.07. The molecule has 0 saturated heterocycles. The zero-order chi connectivity index (χ0) is 21.5. The number of carbonyl (C=O) groups is 3. The molecule has 154 valence electrons. The highest BCUT2D eigenvalue weighted by Gasteiger charge is 2.12. The number of carboxylic acids is 3. The zero-order valence-corrected chi connectivity index (χ0v) is 15.1. The van der Waals surface area contributed by atoms with E-state index in [0.717, 1.165) is 5.56 Å². The molecule has 0 bridgehead atoms. The first-order valence-corrected chi connectivity index (χ1v) is 8.07. The van der Waals surface area contributed by atoms with Crippen molar-refractivity contribution in [2.45, 2.75) is 24.9 Å². The molecule has 0 amide bonds. The van der Waals surface area contributed by atoms with Gasteiger partial charge < -0.3 is 37.5 Å². The Kier molecular flexibility index (Phi) is 12.2. The molecule has 2 atom stereocenters. The molecule has 0 radical (unpaired) electrons. The highest BCUT2D eigenvalue weighted by Crippen LogP contribution is 2.01. The topological polar surface area (TPSA) is 219 Å². The molecule has 0 spiro atoms. The average Bonchev–Trinajstić information content (AvgIpc) is 3.16. The maximum Gasteiger partial charge on any atom is 0.320 e. The van der Waals surface area contributed by atoms with Crippen LogP contribution in [0.25, 0.3) is 0 Å². The van der Waals surface area contributed by atoms with E-state index in [1.54, 1.807) is 6.20 Å². The van der Waals surface area contributed by atoms with E-state index >= 15 is 0 Å². The van der Waals surface area contributed by atoms with Gasteiger partial charge in [0.25, 0.3) is 0 Å². The van der Waals surface area contributed by atoms with E-state index in [9.17, 15) is 14.4 Å². The maximum absolute atomic E-state index is 10.4. The maximum atomic E-state index is 10.4. The third-order valence-corrected chi connectivity index (χ3v) is 3.09. The van der Waals surface area contributed by atoms with Crippen LogP contribution in [0.15, 0.2) is 42.9 Å². The van der Waals surface area contributed by atoms with Gasteiger partial charge in [-0.25, -0.2) is 4.98 Å². The van der Waals surface area contributed by atoms with Gasteiger partial charge in [-0.3, -0.25) is 14.4 Å². The Labute approximate surface area is 161 Å². The summed E-state index contributed by atoms with van der Waals surface area (Å²) in [5.74, 6) is -2.93. The number of rotatable bonds is 7. The fraction of sp³-hybridized carbons (Fsp3) is 0.294. The number of imidazole rings is 1. The van der Waals surface area contributed by atoms with E-state index in [0.29, 0.717) is 12.1 Å². The van der Waals surface area contributed by atoms with Crippen molar-refractivity contribution < 1.29 is 29.7 Å². The zero-order valence-electron chi connectivity index (χ0n) is 15.1. The summed E-state index contributed by atoms with van der Waals surface area (Å²) in [6.45, 7) is -0.278. The molecule has 11 heteroatoms. The average molecular weight is 395 g/mol. The largest absolute Gasteiger partial charge is 0.480 e. The second-order valence-electron chi connectivity index (χ2n) is 5.44. The van der Waals surface area contributed by atoms with Gasteiger partial charge in [-0.1, -0.05) is 30.3 Å². The van der Waals surface area contributed by atoms with Crippen LogP contribution in [-0.2, 0) is 27.2 Å². The van der Waals surface area contributed by atoms with Crippen LogP contribution >= 0.6 is 0 Å². The van der Waals surface area contributed by atoms with Crippen LogP contribution in [0.1, 0.15) is 11.3 Å². The Bertz CT molecular complexity index is 708. The summed E-state index contributed by atoms with van der Waals surface area (Å²) < 4.78 is 0. The van der Waals surface area contributed by atoms with Gasteiger partial charge in [-0.15, -0.1) is 0 Å². The number of hydrogen-bond acceptors (Lipinski definition) is 7. The van der Waals surface area contributed by atoms with Gasteiger partial charge in [0.1, 0.15) is 12.1 Å². The summed E-state index contributed by atoms with van der Waals surface area (Å²) in [5, 5.41) is 24.5. The van der Waals surface area contributed by atoms with E-state index < -0.39 is 30.0 Å². The molecule has 1 aromatic heterocycles. The molecule has 2 rings (SSSR count). The van der Waals surface area contributed by atoms with Crippen LogP contribution in [0, 0.1) is 0 Å². The smallest absolute Gasteiger partial charge is 0.320 e. The van der Waals surface area contributed by atoms with E-state index in [2.05, 4.69) is 15.7 Å². The minimum atomic E-state index is -1.01. The third-order valence-electron chi connectivity index (χ3n) is 3.09. The van der Waals surface area contributed by atoms with E-state index in [-0.39, 0.29) is 13.0 Å². The van der Waals surface area contributed by atoms with Crippen molar-refractivity contribution in [2.24, 2.45) is 17.2 Å². The van der Waals surface area contributed by atoms with Crippen molar-refractivity contribution >= 4 is 17.9 Å². The van der Waals surface area contributed by atoms with E-state index in [1.807, 2.05) is 30.3 Å². The first kappa shape index (κ1) is 24.7. The third kappa shape index (κ3) is 12.1. The fourth-order valence-electron chi connectivity index (χ4n) is 1.67. The van der Waals surface area contributed by atoms with Gasteiger partial charge in [0.05, 0.1) is 18.6 Å². The predicted molar refractivity (Wildman–Crippen MR) is 100 cm³/mol. The lowest BCUT2D eigenvalue weighted by Crippen LogP contribution is -2.32. The summed E-state index contributed by atoms with van der Waals surface area (Å²) in [4.78, 5) is 36.4. The first-order chi connectivity index (χ1) is 13.2. The quantitative estimate of drug-likeness (QED) is 0.304. The van der Waals surface area contributed by atoms with Crippen molar-refractivity contribution in [3.8, 4) is 0 Å². The van der Waals surface area contributed by atoms with Crippen molar-refractivity contribution in [3.63, 3.8) is 0 Å². The molecule has 1 heterocycles. The second kappa shape index (κ2) is 13.9. The highest BCUT2D eigenvalue weighted by atomic mass is 16.4. The highest BCUT2D eigenvalue weighted by molar-refractivity contribution is 5.73. The van der Waals surface area contributed by atoms with Gasteiger partial charge in [0.2, 0.25) is 0 Å². The van der Waals surface area contributed by atoms with Crippen molar-refractivity contribution in [1.82, 2.24) is 9.97 Å². The number of benzene rings is 1. The number of aromatic nitrogens is 2. The number of aliphatic carboxylic acids is 3. The number of H-pyrrole nitrogens is 1. The summed E-state index contributed by atoms with van der Waals surface area (Å²) in [6.07, 6.45) is 3.77. The Balaban J connectivity index is 0.000000424. The standard InChI is InChI=1S/C9H11NO2.C6H9N3O2.C2H5NO2/c10-8(9(11)12)6-7-4-2-1-3-5-7;7-5(6(10)11)1-4-2-8-3-9-4;3-1-2(4)5/h1-5,8H,6,10H2,(H,11,12);2-3,5H,1,7H2,(H,8,9)(H,10,11);1,3H2,(H,4,5). The molecule has 0 aliphatic heterocycles. The Morgan fingerprint density at radius 2 is 1.46 bits per heavy atom. The molecule has 2 unspecified atom stereocenters. The monoisotopic (exact) mass is 395 g/mol. The minimum absolute atomic E-state index is 0.263. The van der Waals surface area contributed by atoms with Gasteiger partial charge >= 0.3 is 17.9 Å². The lowest BCUT2D eigenvalue weighted by atomic mass is 10.1. The summed E-state index contributed by atoms with van der Waals surface area (Å²) in [6, 6.07) is 7.68. The second-order valence-corrected chi connectivity index (χ2v) is 5.44. The molecule has 0 saturated carbocycles. The van der Waals surface area contributed by atoms with Crippen LogP contribution in [0.4, 0.5) is 0 Å². The van der Waals surface area contributed by atoms with Gasteiger partial charge in [0.15, 0.2) is 0 Å². The van der Waals surface area contributed by atoms with E-state index in [1.165, 1.54) is 6.33 Å². The number of hydrogen-bond donors (Lipinski definition) is 7. The van der Waals surface area contributed by atoms with Gasteiger partial charge in [-0.05, 0) is 12.0 Å². The van der Waals surface area contributed by atoms with E-state index in [4.69, 9.17) is 26.8 Å². The number of nitrogens with zero attached hydrogens (tertiary/aromatic N) is 1. The molecule has 28 heavy (non-hydrogen) atoms. The molecular weight excluding hydrogens is 370 g/mol. The molecule has 10 N–H and O–H groups in total. The molecule has 1 aromatic carbocycles. The van der Waals surface area contributed by atoms with Crippen molar-refractivity contribution in [2.75, 3.05) is 6.54 Å². The Morgan fingerprint density at radius 3 is 1.86 bits per heavy atom. The Hall–Kier alpha value is -3.28. The molecular formula is C17H25N5O6. The molecule has 0 aliphatic carbocycles. The number of carboxylic acid groups (broad SMARTS) is 3. The van der Waals surface area contributed by atoms with Gasteiger partial charge in [0, 0.05) is 12.6 Å². The molecule has 0 aliphatic rings. The van der Waals surface area contributed by atoms with Crippen LogP contribution in [-0.4, -0.2) is 61.8 Å².